The van der Waals surface area contributed by atoms with Crippen LogP contribution in [-0.4, -0.2) is 11.2 Å². The fraction of sp³-hybridized carbons (Fsp3) is 0.467. The molecule has 0 aromatic heterocycles. The molecule has 0 heterocycles. The molecule has 17 heavy (non-hydrogen) atoms. The predicted octanol–water partition coefficient (Wildman–Crippen LogP) is 3.80. The van der Waals surface area contributed by atoms with Crippen molar-refractivity contribution < 1.29 is 5.11 Å². The molecule has 2 N–H and O–H groups in total. The molecule has 1 unspecified atom stereocenters. The lowest BCUT2D eigenvalue weighted by Gasteiger charge is -2.18. The molecule has 94 valence electrons. The van der Waals surface area contributed by atoms with Gasteiger partial charge >= 0.3 is 0 Å². The molecule has 1 aromatic carbocycles. The molecule has 0 saturated heterocycles. The van der Waals surface area contributed by atoms with Gasteiger partial charge in [-0.3, -0.25) is 0 Å². The average Bonchev–Trinajstić information content (AvgIpc) is 2.30. The van der Waals surface area contributed by atoms with Crippen LogP contribution in [0, 0.1) is 5.92 Å². The number of aliphatic hydroxyl groups is 1. The minimum Gasteiger partial charge on any atom is -0.392 e. The Morgan fingerprint density at radius 1 is 1.29 bits per heavy atom. The maximum atomic E-state index is 9.92. The summed E-state index contributed by atoms with van der Waals surface area (Å²) in [6, 6.07) is 10.1. The van der Waals surface area contributed by atoms with Crippen LogP contribution < -0.4 is 5.32 Å². The van der Waals surface area contributed by atoms with Crippen LogP contribution in [0.5, 0.6) is 0 Å². The zero-order valence-corrected chi connectivity index (χ0v) is 11.0. The molecule has 1 atom stereocenters. The first-order valence-electron chi connectivity index (χ1n) is 6.32. The summed E-state index contributed by atoms with van der Waals surface area (Å²) in [7, 11) is 0. The summed E-state index contributed by atoms with van der Waals surface area (Å²) >= 11 is 0. The van der Waals surface area contributed by atoms with Crippen molar-refractivity contribution in [3.8, 4) is 0 Å². The molecule has 0 spiro atoms. The van der Waals surface area contributed by atoms with Crippen molar-refractivity contribution in [3.63, 3.8) is 0 Å². The van der Waals surface area contributed by atoms with Crippen LogP contribution in [0.3, 0.4) is 0 Å². The van der Waals surface area contributed by atoms with E-state index in [1.807, 2.05) is 44.2 Å². The van der Waals surface area contributed by atoms with E-state index in [0.29, 0.717) is 6.42 Å². The van der Waals surface area contributed by atoms with Crippen molar-refractivity contribution in [1.82, 2.24) is 0 Å². The first kappa shape index (κ1) is 13.8. The van der Waals surface area contributed by atoms with Gasteiger partial charge in [-0.05, 0) is 24.5 Å². The van der Waals surface area contributed by atoms with Crippen LogP contribution in [0.1, 0.15) is 33.6 Å². The Bertz CT molecular complexity index is 343. The number of anilines is 1. The lowest BCUT2D eigenvalue weighted by Crippen LogP contribution is -2.17. The van der Waals surface area contributed by atoms with Crippen molar-refractivity contribution >= 4 is 5.69 Å². The van der Waals surface area contributed by atoms with Crippen LogP contribution in [0.25, 0.3) is 0 Å². The highest BCUT2D eigenvalue weighted by molar-refractivity contribution is 5.47. The van der Waals surface area contributed by atoms with Crippen LogP contribution >= 0.6 is 0 Å². The maximum absolute atomic E-state index is 9.92. The van der Waals surface area contributed by atoms with Gasteiger partial charge in [-0.1, -0.05) is 45.0 Å². The fourth-order valence-electron chi connectivity index (χ4n) is 1.60. The Morgan fingerprint density at radius 3 is 2.47 bits per heavy atom. The summed E-state index contributed by atoms with van der Waals surface area (Å²) < 4.78 is 0. The van der Waals surface area contributed by atoms with Gasteiger partial charge in [0, 0.05) is 17.8 Å². The van der Waals surface area contributed by atoms with Crippen molar-refractivity contribution in [2.24, 2.45) is 5.92 Å². The van der Waals surface area contributed by atoms with Crippen LogP contribution in [0.2, 0.25) is 0 Å². The number of benzene rings is 1. The Hall–Kier alpha value is -1.28. The second-order valence-corrected chi connectivity index (χ2v) is 4.64. The number of aliphatic hydroxyl groups excluding tert-OH is 1. The monoisotopic (exact) mass is 233 g/mol. The summed E-state index contributed by atoms with van der Waals surface area (Å²) in [5, 5.41) is 13.3. The minimum atomic E-state index is -0.288. The molecule has 0 aliphatic rings. The third-order valence-electron chi connectivity index (χ3n) is 2.73. The molecule has 0 fully saturated rings. The lowest BCUT2D eigenvalue weighted by molar-refractivity contribution is 0.126. The quantitative estimate of drug-likeness (QED) is 0.783. The van der Waals surface area contributed by atoms with E-state index in [2.05, 4.69) is 18.3 Å². The zero-order valence-electron chi connectivity index (χ0n) is 11.0. The van der Waals surface area contributed by atoms with E-state index in [-0.39, 0.29) is 12.0 Å². The van der Waals surface area contributed by atoms with Gasteiger partial charge in [0.05, 0.1) is 6.10 Å². The molecule has 0 amide bonds. The fourth-order valence-corrected chi connectivity index (χ4v) is 1.60. The van der Waals surface area contributed by atoms with Gasteiger partial charge in [0.1, 0.15) is 0 Å². The topological polar surface area (TPSA) is 32.3 Å². The molecule has 0 aliphatic heterocycles. The third-order valence-corrected chi connectivity index (χ3v) is 2.73. The zero-order chi connectivity index (χ0) is 12.7. The second kappa shape index (κ2) is 7.13. The number of hydrogen-bond acceptors (Lipinski definition) is 2. The standard InChI is InChI=1S/C15H23NO/c1-4-8-14(11-15(17)12(2)3)16-13-9-6-5-7-10-13/h5-10,12,15-17H,4,11H2,1-3H3. The van der Waals surface area contributed by atoms with Gasteiger partial charge in [0.2, 0.25) is 0 Å². The summed E-state index contributed by atoms with van der Waals surface area (Å²) in [6.45, 7) is 6.18. The average molecular weight is 233 g/mol. The van der Waals surface area contributed by atoms with Gasteiger partial charge < -0.3 is 10.4 Å². The molecule has 2 heteroatoms. The molecule has 1 rings (SSSR count). The lowest BCUT2D eigenvalue weighted by atomic mass is 10.0. The Labute approximate surface area is 104 Å². The Kier molecular flexibility index (Phi) is 5.78. The number of hydrogen-bond donors (Lipinski definition) is 2. The molecular weight excluding hydrogens is 210 g/mol. The molecule has 0 radical (unpaired) electrons. The van der Waals surface area contributed by atoms with E-state index in [1.54, 1.807) is 0 Å². The van der Waals surface area contributed by atoms with Gasteiger partial charge in [-0.15, -0.1) is 0 Å². The first-order valence-corrected chi connectivity index (χ1v) is 6.32. The number of nitrogens with one attached hydrogen (secondary N) is 1. The van der Waals surface area contributed by atoms with E-state index in [1.165, 1.54) is 0 Å². The highest BCUT2D eigenvalue weighted by Crippen LogP contribution is 2.16. The van der Waals surface area contributed by atoms with E-state index < -0.39 is 0 Å². The van der Waals surface area contributed by atoms with Crippen LogP contribution in [-0.2, 0) is 0 Å². The van der Waals surface area contributed by atoms with E-state index in [4.69, 9.17) is 0 Å². The third kappa shape index (κ3) is 5.05. The smallest absolute Gasteiger partial charge is 0.0617 e. The number of para-hydroxylation sites is 1. The van der Waals surface area contributed by atoms with E-state index in [9.17, 15) is 5.11 Å². The number of allylic oxidation sites excluding steroid dienone is 1. The molecule has 0 bridgehead atoms. The van der Waals surface area contributed by atoms with Crippen LogP contribution in [0.15, 0.2) is 42.1 Å². The van der Waals surface area contributed by atoms with Gasteiger partial charge in [0.15, 0.2) is 0 Å². The molecular formula is C15H23NO. The second-order valence-electron chi connectivity index (χ2n) is 4.64. The summed E-state index contributed by atoms with van der Waals surface area (Å²) in [4.78, 5) is 0. The highest BCUT2D eigenvalue weighted by atomic mass is 16.3. The SMILES string of the molecule is CCC=C(CC(O)C(C)C)Nc1ccccc1. The number of rotatable bonds is 6. The highest BCUT2D eigenvalue weighted by Gasteiger charge is 2.11. The van der Waals surface area contributed by atoms with Crippen molar-refractivity contribution in [3.05, 3.63) is 42.1 Å². The van der Waals surface area contributed by atoms with Crippen molar-refractivity contribution in [2.75, 3.05) is 5.32 Å². The molecule has 0 aliphatic carbocycles. The van der Waals surface area contributed by atoms with Gasteiger partial charge in [0.25, 0.3) is 0 Å². The molecule has 2 nitrogen and oxygen atoms in total. The van der Waals surface area contributed by atoms with E-state index in [0.717, 1.165) is 17.8 Å². The Morgan fingerprint density at radius 2 is 1.94 bits per heavy atom. The maximum Gasteiger partial charge on any atom is 0.0617 e. The predicted molar refractivity (Wildman–Crippen MR) is 73.9 cm³/mol. The van der Waals surface area contributed by atoms with Crippen molar-refractivity contribution in [2.45, 2.75) is 39.7 Å². The summed E-state index contributed by atoms with van der Waals surface area (Å²) in [5.41, 5.74) is 2.17. The minimum absolute atomic E-state index is 0.285. The normalized spacial score (nSPS) is 13.8. The molecule has 1 aromatic rings. The Balaban J connectivity index is 2.65. The van der Waals surface area contributed by atoms with Crippen LogP contribution in [0.4, 0.5) is 5.69 Å². The summed E-state index contributed by atoms with van der Waals surface area (Å²) in [6.07, 6.45) is 3.50. The summed E-state index contributed by atoms with van der Waals surface area (Å²) in [5.74, 6) is 0.285. The van der Waals surface area contributed by atoms with Crippen molar-refractivity contribution in [1.29, 1.82) is 0 Å². The van der Waals surface area contributed by atoms with Gasteiger partial charge in [-0.25, -0.2) is 0 Å². The largest absolute Gasteiger partial charge is 0.392 e. The van der Waals surface area contributed by atoms with E-state index >= 15 is 0 Å². The first-order chi connectivity index (χ1) is 8.13. The molecule has 0 saturated carbocycles. The van der Waals surface area contributed by atoms with Gasteiger partial charge in [-0.2, -0.15) is 0 Å².